The van der Waals surface area contributed by atoms with Crippen LogP contribution in [0.1, 0.15) is 19.5 Å². The molecule has 0 N–H and O–H groups in total. The van der Waals surface area contributed by atoms with Gasteiger partial charge in [0.2, 0.25) is 0 Å². The van der Waals surface area contributed by atoms with Gasteiger partial charge in [0, 0.05) is 40.5 Å². The van der Waals surface area contributed by atoms with Crippen molar-refractivity contribution in [3.63, 3.8) is 0 Å². The van der Waals surface area contributed by atoms with Gasteiger partial charge >= 0.3 is 0 Å². The van der Waals surface area contributed by atoms with Crippen LogP contribution in [-0.2, 0) is 4.74 Å². The van der Waals surface area contributed by atoms with Crippen molar-refractivity contribution >= 4 is 49.1 Å². The molecule has 1 fully saturated rings. The van der Waals surface area contributed by atoms with Gasteiger partial charge in [-0.15, -0.1) is 0 Å². The van der Waals surface area contributed by atoms with E-state index in [4.69, 9.17) is 12.6 Å². The van der Waals surface area contributed by atoms with E-state index in [-0.39, 0.29) is 0 Å². The van der Waals surface area contributed by atoms with Crippen LogP contribution in [0.3, 0.4) is 0 Å². The minimum atomic E-state index is 0.666. The van der Waals surface area contributed by atoms with Gasteiger partial charge in [-0.1, -0.05) is 19.3 Å². The highest BCUT2D eigenvalue weighted by Gasteiger charge is 2.14. The molecular formula is C13H16BIN2OS. The van der Waals surface area contributed by atoms with E-state index in [1.165, 1.54) is 8.93 Å². The third-order valence-electron chi connectivity index (χ3n) is 2.45. The fourth-order valence-electron chi connectivity index (χ4n) is 1.68. The van der Waals surface area contributed by atoms with Crippen LogP contribution in [0.25, 0.3) is 0 Å². The van der Waals surface area contributed by atoms with Gasteiger partial charge in [-0.3, -0.25) is 0 Å². The molecule has 19 heavy (non-hydrogen) atoms. The fraction of sp³-hybridized carbons (Fsp3) is 0.462. The van der Waals surface area contributed by atoms with Crippen LogP contribution in [-0.4, -0.2) is 39.1 Å². The summed E-state index contributed by atoms with van der Waals surface area (Å²) in [6, 6.07) is 1.93. The number of hydrogen-bond donors (Lipinski definition) is 0. The number of ether oxygens (including phenoxy) is 1. The van der Waals surface area contributed by atoms with Crippen LogP contribution < -0.4 is 10.4 Å². The number of rotatable bonds is 1. The quantitative estimate of drug-likeness (QED) is 0.420. The highest BCUT2D eigenvalue weighted by molar-refractivity contribution is 14.2. The van der Waals surface area contributed by atoms with Gasteiger partial charge in [-0.25, -0.2) is 4.98 Å². The largest absolute Gasteiger partial charge is 0.378 e. The molecule has 0 spiro atoms. The van der Waals surface area contributed by atoms with Gasteiger partial charge < -0.3 is 9.64 Å². The molecule has 0 unspecified atom stereocenters. The van der Waals surface area contributed by atoms with Crippen molar-refractivity contribution in [3.05, 3.63) is 18.0 Å². The normalized spacial score (nSPS) is 13.9. The molecule has 1 aliphatic rings. The molecule has 6 heteroatoms. The van der Waals surface area contributed by atoms with E-state index < -0.39 is 0 Å². The number of hydrogen-bond acceptors (Lipinski definition) is 4. The lowest BCUT2D eigenvalue weighted by atomic mass is 9.97. The van der Waals surface area contributed by atoms with Crippen molar-refractivity contribution < 1.29 is 4.74 Å². The third-order valence-corrected chi connectivity index (χ3v) is 3.29. The van der Waals surface area contributed by atoms with Crippen LogP contribution in [0.15, 0.2) is 12.3 Å². The van der Waals surface area contributed by atoms with E-state index in [2.05, 4.69) is 42.3 Å². The second-order valence-electron chi connectivity index (χ2n) is 3.54. The first-order valence-corrected chi connectivity index (χ1v) is 9.54. The van der Waals surface area contributed by atoms with Crippen LogP contribution in [0.5, 0.6) is 0 Å². The Hall–Kier alpha value is -0.385. The SMILES string of the molecule is CC.[B]c1cnc(C#CSI)c(N2CCOCC2)c1. The molecule has 1 aromatic rings. The first-order chi connectivity index (χ1) is 9.31. The van der Waals surface area contributed by atoms with Gasteiger partial charge in [0.1, 0.15) is 13.5 Å². The first kappa shape index (κ1) is 16.7. The Morgan fingerprint density at radius 2 is 2.11 bits per heavy atom. The monoisotopic (exact) mass is 386 g/mol. The summed E-state index contributed by atoms with van der Waals surface area (Å²) in [7, 11) is 7.24. The highest BCUT2D eigenvalue weighted by atomic mass is 127. The Bertz CT molecular complexity index is 456. The maximum absolute atomic E-state index is 5.79. The molecule has 1 aliphatic heterocycles. The predicted molar refractivity (Wildman–Crippen MR) is 92.5 cm³/mol. The number of anilines is 1. The lowest BCUT2D eigenvalue weighted by Crippen LogP contribution is -2.37. The second-order valence-corrected chi connectivity index (χ2v) is 5.22. The lowest BCUT2D eigenvalue weighted by Gasteiger charge is -2.29. The average molecular weight is 386 g/mol. The molecule has 3 nitrogen and oxygen atoms in total. The van der Waals surface area contributed by atoms with Crippen molar-refractivity contribution in [3.8, 4) is 11.2 Å². The first-order valence-electron chi connectivity index (χ1n) is 6.18. The molecule has 0 amide bonds. The molecule has 2 radical (unpaired) electrons. The number of pyridine rings is 1. The summed E-state index contributed by atoms with van der Waals surface area (Å²) in [6.45, 7) is 7.19. The summed E-state index contributed by atoms with van der Waals surface area (Å²) >= 11 is 2.14. The maximum atomic E-state index is 5.79. The van der Waals surface area contributed by atoms with Crippen molar-refractivity contribution in [2.24, 2.45) is 0 Å². The number of morpholine rings is 1. The van der Waals surface area contributed by atoms with E-state index in [1.54, 1.807) is 6.20 Å². The van der Waals surface area contributed by atoms with E-state index in [9.17, 15) is 0 Å². The molecule has 0 atom stereocenters. The van der Waals surface area contributed by atoms with Crippen LogP contribution in [0.4, 0.5) is 5.69 Å². The van der Waals surface area contributed by atoms with E-state index in [0.29, 0.717) is 5.46 Å². The standard InChI is InChI=1S/C11H10BIN2OS.C2H6/c12-9-7-11(15-2-4-16-5-3-15)10(14-8-9)1-6-17-13;1-2/h7-8H,2-5H2;1-2H3. The second kappa shape index (κ2) is 9.51. The minimum absolute atomic E-state index is 0.666. The Morgan fingerprint density at radius 3 is 2.74 bits per heavy atom. The fourth-order valence-corrected chi connectivity index (χ4v) is 2.14. The van der Waals surface area contributed by atoms with Crippen LogP contribution >= 0.6 is 30.1 Å². The zero-order valence-electron chi connectivity index (χ0n) is 11.1. The number of halogens is 1. The van der Waals surface area contributed by atoms with Gasteiger partial charge in [0.15, 0.2) is 0 Å². The minimum Gasteiger partial charge on any atom is -0.378 e. The summed E-state index contributed by atoms with van der Waals surface area (Å²) in [5, 5.41) is 2.96. The van der Waals surface area contributed by atoms with Gasteiger partial charge in [-0.05, 0) is 26.2 Å². The van der Waals surface area contributed by atoms with E-state index in [0.717, 1.165) is 37.7 Å². The molecule has 1 aromatic heterocycles. The van der Waals surface area contributed by atoms with Gasteiger partial charge in [-0.2, -0.15) is 0 Å². The van der Waals surface area contributed by atoms with Crippen molar-refractivity contribution in [1.29, 1.82) is 0 Å². The molecule has 0 aliphatic carbocycles. The molecule has 0 bridgehead atoms. The zero-order chi connectivity index (χ0) is 14.1. The van der Waals surface area contributed by atoms with E-state index in [1.807, 2.05) is 19.9 Å². The molecular weight excluding hydrogens is 370 g/mol. The molecule has 0 saturated carbocycles. The van der Waals surface area contributed by atoms with E-state index >= 15 is 0 Å². The molecule has 2 rings (SSSR count). The van der Waals surface area contributed by atoms with Gasteiger partial charge in [0.05, 0.1) is 18.9 Å². The molecule has 2 heterocycles. The summed E-state index contributed by atoms with van der Waals surface area (Å²) < 4.78 is 5.34. The van der Waals surface area contributed by atoms with Gasteiger partial charge in [0.25, 0.3) is 0 Å². The van der Waals surface area contributed by atoms with Crippen molar-refractivity contribution in [2.45, 2.75) is 13.8 Å². The average Bonchev–Trinajstić information content (AvgIpc) is 2.49. The number of nitrogens with zero attached hydrogens (tertiary/aromatic N) is 2. The summed E-state index contributed by atoms with van der Waals surface area (Å²) in [5.41, 5.74) is 2.45. The summed E-state index contributed by atoms with van der Waals surface area (Å²) in [6.07, 6.45) is 1.64. The Labute approximate surface area is 132 Å². The molecule has 0 aromatic carbocycles. The number of aromatic nitrogens is 1. The topological polar surface area (TPSA) is 25.4 Å². The van der Waals surface area contributed by atoms with Crippen molar-refractivity contribution in [1.82, 2.24) is 4.98 Å². The van der Waals surface area contributed by atoms with Crippen LogP contribution in [0, 0.1) is 11.2 Å². The Balaban J connectivity index is 0.000000861. The Morgan fingerprint density at radius 1 is 1.42 bits per heavy atom. The summed E-state index contributed by atoms with van der Waals surface area (Å²) in [4.78, 5) is 6.51. The van der Waals surface area contributed by atoms with Crippen molar-refractivity contribution in [2.75, 3.05) is 31.2 Å². The highest BCUT2D eigenvalue weighted by Crippen LogP contribution is 2.18. The van der Waals surface area contributed by atoms with Crippen LogP contribution in [0.2, 0.25) is 0 Å². The predicted octanol–water partition coefficient (Wildman–Crippen LogP) is 2.13. The summed E-state index contributed by atoms with van der Waals surface area (Å²) in [5.74, 6) is 3.04. The zero-order valence-corrected chi connectivity index (χ0v) is 14.1. The molecule has 100 valence electrons. The smallest absolute Gasteiger partial charge is 0.137 e. The lowest BCUT2D eigenvalue weighted by molar-refractivity contribution is 0.122. The third kappa shape index (κ3) is 5.25. The Kier molecular flexibility index (Phi) is 8.34. The molecule has 1 saturated heterocycles. The maximum Gasteiger partial charge on any atom is 0.137 e.